The molecule has 32 heavy (non-hydrogen) atoms. The molecule has 0 fully saturated rings. The molecule has 2 aromatic carbocycles. The maximum atomic E-state index is 12.5. The van der Waals surface area contributed by atoms with Crippen molar-refractivity contribution < 1.29 is 27.5 Å². The second-order valence-corrected chi connectivity index (χ2v) is 10.3. The van der Waals surface area contributed by atoms with E-state index >= 15 is 0 Å². The Kier molecular flexibility index (Phi) is 7.70. The van der Waals surface area contributed by atoms with Crippen LogP contribution in [0.4, 0.5) is 0 Å². The molecule has 0 saturated carbocycles. The van der Waals surface area contributed by atoms with Crippen LogP contribution in [0, 0.1) is 0 Å². The topological polar surface area (TPSA) is 104 Å². The molecular weight excluding hydrogens is 476 g/mol. The van der Waals surface area contributed by atoms with Crippen molar-refractivity contribution in [3.63, 3.8) is 0 Å². The van der Waals surface area contributed by atoms with Gasteiger partial charge in [-0.3, -0.25) is 9.59 Å². The summed E-state index contributed by atoms with van der Waals surface area (Å²) in [6.45, 7) is -0.115. The van der Waals surface area contributed by atoms with E-state index in [9.17, 15) is 18.0 Å². The van der Waals surface area contributed by atoms with E-state index in [0.29, 0.717) is 21.1 Å². The molecule has 3 rings (SSSR count). The molecule has 1 amide bonds. The van der Waals surface area contributed by atoms with E-state index in [1.807, 2.05) is 0 Å². The van der Waals surface area contributed by atoms with Gasteiger partial charge < -0.3 is 14.0 Å². The molecule has 0 bridgehead atoms. The predicted octanol–water partition coefficient (Wildman–Crippen LogP) is 3.22. The Bertz CT molecular complexity index is 1310. The first-order valence-electron chi connectivity index (χ1n) is 9.53. The summed E-state index contributed by atoms with van der Waals surface area (Å²) in [7, 11) is -0.758. The summed E-state index contributed by atoms with van der Waals surface area (Å²) < 4.78 is 37.1. The maximum Gasteiger partial charge on any atom is 0.325 e. The molecule has 3 aromatic rings. The highest BCUT2D eigenvalue weighted by molar-refractivity contribution is 7.91. The molecule has 0 N–H and O–H groups in total. The van der Waals surface area contributed by atoms with Gasteiger partial charge in [-0.05, 0) is 48.9 Å². The number of methoxy groups -OCH3 is 2. The van der Waals surface area contributed by atoms with Gasteiger partial charge in [0.1, 0.15) is 12.3 Å². The number of sulfone groups is 1. The van der Waals surface area contributed by atoms with Crippen molar-refractivity contribution >= 4 is 54.9 Å². The second-order valence-electron chi connectivity index (χ2n) is 6.76. The first-order valence-corrected chi connectivity index (χ1v) is 12.4. The molecule has 0 unspecified atom stereocenters. The SMILES string of the molecule is COC(=O)Cn1c(=NC(=O)CCCS(=O)(=O)c2ccc(OC)cc2)sc2cc(Cl)ccc21. The first kappa shape index (κ1) is 24.0. The molecule has 0 radical (unpaired) electrons. The minimum Gasteiger partial charge on any atom is -0.497 e. The van der Waals surface area contributed by atoms with Crippen LogP contribution in [-0.4, -0.2) is 44.8 Å². The minimum atomic E-state index is -3.53. The summed E-state index contributed by atoms with van der Waals surface area (Å²) in [5.74, 6) is -0.599. The average molecular weight is 497 g/mol. The van der Waals surface area contributed by atoms with Crippen molar-refractivity contribution in [3.05, 3.63) is 52.3 Å². The third-order valence-corrected chi connectivity index (χ3v) is 7.70. The van der Waals surface area contributed by atoms with Crippen molar-refractivity contribution in [2.45, 2.75) is 24.3 Å². The largest absolute Gasteiger partial charge is 0.497 e. The zero-order valence-corrected chi connectivity index (χ0v) is 19.8. The van der Waals surface area contributed by atoms with Gasteiger partial charge in [0.2, 0.25) is 5.91 Å². The first-order chi connectivity index (χ1) is 15.2. The Balaban J connectivity index is 1.76. The Morgan fingerprint density at radius 2 is 1.84 bits per heavy atom. The molecule has 0 aliphatic carbocycles. The Labute approximate surface area is 194 Å². The number of thiazole rings is 1. The molecule has 0 aliphatic heterocycles. The van der Waals surface area contributed by atoms with E-state index in [4.69, 9.17) is 21.1 Å². The van der Waals surface area contributed by atoms with Crippen LogP contribution in [0.2, 0.25) is 5.02 Å². The summed E-state index contributed by atoms with van der Waals surface area (Å²) in [5, 5.41) is 0.519. The maximum absolute atomic E-state index is 12.5. The van der Waals surface area contributed by atoms with E-state index in [0.717, 1.165) is 4.70 Å². The van der Waals surface area contributed by atoms with Crippen molar-refractivity contribution in [2.24, 2.45) is 4.99 Å². The lowest BCUT2D eigenvalue weighted by Crippen LogP contribution is -2.22. The van der Waals surface area contributed by atoms with Crippen LogP contribution in [0.3, 0.4) is 0 Å². The number of fused-ring (bicyclic) bond motifs is 1. The lowest BCUT2D eigenvalue weighted by molar-refractivity contribution is -0.141. The highest BCUT2D eigenvalue weighted by Crippen LogP contribution is 2.22. The number of nitrogens with zero attached hydrogens (tertiary/aromatic N) is 2. The Morgan fingerprint density at radius 1 is 1.12 bits per heavy atom. The molecule has 8 nitrogen and oxygen atoms in total. The van der Waals surface area contributed by atoms with E-state index in [-0.39, 0.29) is 30.0 Å². The number of esters is 1. The van der Waals surface area contributed by atoms with Gasteiger partial charge in [0.05, 0.1) is 35.1 Å². The summed E-state index contributed by atoms with van der Waals surface area (Å²) in [6.07, 6.45) is 0.0625. The van der Waals surface area contributed by atoms with Crippen molar-refractivity contribution in [1.82, 2.24) is 4.57 Å². The zero-order chi connectivity index (χ0) is 23.3. The van der Waals surface area contributed by atoms with Gasteiger partial charge in [0.25, 0.3) is 0 Å². The van der Waals surface area contributed by atoms with Crippen molar-refractivity contribution in [3.8, 4) is 5.75 Å². The lowest BCUT2D eigenvalue weighted by atomic mass is 10.3. The third-order valence-electron chi connectivity index (χ3n) is 4.60. The Morgan fingerprint density at radius 3 is 2.50 bits per heavy atom. The number of carbonyl (C=O) groups excluding carboxylic acids is 2. The van der Waals surface area contributed by atoms with Crippen molar-refractivity contribution in [2.75, 3.05) is 20.0 Å². The van der Waals surface area contributed by atoms with Gasteiger partial charge in [-0.25, -0.2) is 8.42 Å². The normalized spacial score (nSPS) is 12.2. The van der Waals surface area contributed by atoms with Gasteiger partial charge in [-0.2, -0.15) is 4.99 Å². The number of ether oxygens (including phenoxy) is 2. The van der Waals surface area contributed by atoms with E-state index in [1.165, 1.54) is 37.7 Å². The molecule has 11 heteroatoms. The van der Waals surface area contributed by atoms with Gasteiger partial charge in [-0.1, -0.05) is 22.9 Å². The van der Waals surface area contributed by atoms with Crippen LogP contribution in [0.25, 0.3) is 10.2 Å². The van der Waals surface area contributed by atoms with E-state index in [2.05, 4.69) is 4.99 Å². The number of benzene rings is 2. The van der Waals surface area contributed by atoms with Crippen LogP contribution in [0.5, 0.6) is 5.75 Å². The smallest absolute Gasteiger partial charge is 0.325 e. The molecule has 0 atom stereocenters. The highest BCUT2D eigenvalue weighted by Gasteiger charge is 2.16. The standard InChI is InChI=1S/C21H21ClN2O6S2/c1-29-15-6-8-16(9-7-15)32(27,28)11-3-4-19(25)23-21-24(13-20(26)30-2)17-10-5-14(22)12-18(17)31-21/h5-10,12H,3-4,11,13H2,1-2H3. The average Bonchev–Trinajstić information content (AvgIpc) is 3.09. The second kappa shape index (κ2) is 10.3. The van der Waals surface area contributed by atoms with Crippen LogP contribution in [-0.2, 0) is 30.7 Å². The number of amides is 1. The number of rotatable bonds is 8. The monoisotopic (exact) mass is 496 g/mol. The van der Waals surface area contributed by atoms with E-state index < -0.39 is 21.7 Å². The summed E-state index contributed by atoms with van der Waals surface area (Å²) in [4.78, 5) is 28.9. The summed E-state index contributed by atoms with van der Waals surface area (Å²) in [5.41, 5.74) is 0.693. The molecule has 0 saturated heterocycles. The van der Waals surface area contributed by atoms with Gasteiger partial charge in [0, 0.05) is 11.4 Å². The summed E-state index contributed by atoms with van der Waals surface area (Å²) >= 11 is 7.25. The fraction of sp³-hybridized carbons (Fsp3) is 0.286. The zero-order valence-electron chi connectivity index (χ0n) is 17.4. The van der Waals surface area contributed by atoms with E-state index in [1.54, 1.807) is 34.9 Å². The fourth-order valence-corrected chi connectivity index (χ4v) is 5.59. The predicted molar refractivity (Wildman–Crippen MR) is 122 cm³/mol. The molecule has 0 spiro atoms. The lowest BCUT2D eigenvalue weighted by Gasteiger charge is -2.05. The van der Waals surface area contributed by atoms with Crippen LogP contribution in [0.1, 0.15) is 12.8 Å². The highest BCUT2D eigenvalue weighted by atomic mass is 35.5. The number of hydrogen-bond donors (Lipinski definition) is 0. The van der Waals surface area contributed by atoms with Gasteiger partial charge in [0.15, 0.2) is 14.6 Å². The number of halogens is 1. The molecule has 170 valence electrons. The van der Waals surface area contributed by atoms with Crippen LogP contribution >= 0.6 is 22.9 Å². The quantitative estimate of drug-likeness (QED) is 0.443. The minimum absolute atomic E-state index is 0.0530. The molecule has 1 aromatic heterocycles. The molecular formula is C21H21ClN2O6S2. The number of hydrogen-bond acceptors (Lipinski definition) is 7. The Hall–Kier alpha value is -2.69. The van der Waals surface area contributed by atoms with Gasteiger partial charge >= 0.3 is 5.97 Å². The number of carbonyl (C=O) groups is 2. The molecule has 1 heterocycles. The van der Waals surface area contributed by atoms with Crippen molar-refractivity contribution in [1.29, 1.82) is 0 Å². The number of aromatic nitrogens is 1. The van der Waals surface area contributed by atoms with Gasteiger partial charge in [-0.15, -0.1) is 0 Å². The fourth-order valence-electron chi connectivity index (χ4n) is 2.96. The van der Waals surface area contributed by atoms with Crippen LogP contribution in [0.15, 0.2) is 52.4 Å². The summed E-state index contributed by atoms with van der Waals surface area (Å²) in [6, 6.07) is 11.2. The molecule has 0 aliphatic rings. The van der Waals surface area contributed by atoms with Crippen LogP contribution < -0.4 is 9.54 Å². The third kappa shape index (κ3) is 5.76.